The van der Waals surface area contributed by atoms with Crippen LogP contribution in [0.15, 0.2) is 42.7 Å². The first-order valence-electron chi connectivity index (χ1n) is 7.06. The Hall–Kier alpha value is -3.20. The summed E-state index contributed by atoms with van der Waals surface area (Å²) in [7, 11) is 1.58. The van der Waals surface area contributed by atoms with Gasteiger partial charge in [0.25, 0.3) is 5.91 Å². The van der Waals surface area contributed by atoms with Gasteiger partial charge in [-0.05, 0) is 30.2 Å². The molecule has 3 rings (SSSR count). The van der Waals surface area contributed by atoms with Crippen LogP contribution in [0.25, 0.3) is 11.1 Å². The summed E-state index contributed by atoms with van der Waals surface area (Å²) in [6, 6.07) is 11.3. The molecule has 6 nitrogen and oxygen atoms in total. The van der Waals surface area contributed by atoms with E-state index in [-0.39, 0.29) is 11.9 Å². The molecule has 2 N–H and O–H groups in total. The average Bonchev–Trinajstić information content (AvgIpc) is 2.79. The minimum atomic E-state index is -0.970. The van der Waals surface area contributed by atoms with E-state index in [1.54, 1.807) is 26.2 Å². The first kappa shape index (κ1) is 14.7. The number of pyridine rings is 1. The number of aromatic nitrogens is 1. The molecule has 6 heteroatoms. The lowest BCUT2D eigenvalue weighted by molar-refractivity contribution is -0.129. The second-order valence-electron chi connectivity index (χ2n) is 5.62. The quantitative estimate of drug-likeness (QED) is 0.885. The average molecular weight is 305 g/mol. The molecule has 1 fully saturated rings. The van der Waals surface area contributed by atoms with Crippen molar-refractivity contribution in [3.63, 3.8) is 0 Å². The van der Waals surface area contributed by atoms with Gasteiger partial charge in [-0.15, -0.1) is 0 Å². The van der Waals surface area contributed by atoms with E-state index in [1.807, 2.05) is 24.3 Å². The normalized spacial score (nSPS) is 20.3. The predicted octanol–water partition coefficient (Wildman–Crippen LogP) is 1.83. The van der Waals surface area contributed by atoms with Gasteiger partial charge in [0.15, 0.2) is 5.96 Å². The van der Waals surface area contributed by atoms with E-state index in [2.05, 4.69) is 16.4 Å². The highest BCUT2D eigenvalue weighted by atomic mass is 16.2. The third-order valence-electron chi connectivity index (χ3n) is 4.08. The van der Waals surface area contributed by atoms with Crippen LogP contribution >= 0.6 is 0 Å². The highest BCUT2D eigenvalue weighted by Crippen LogP contribution is 2.30. The molecule has 1 aromatic heterocycles. The number of nitrogens with zero attached hydrogens (tertiary/aromatic N) is 3. The monoisotopic (exact) mass is 305 g/mol. The fourth-order valence-electron chi connectivity index (χ4n) is 2.68. The third-order valence-corrected chi connectivity index (χ3v) is 4.08. The number of likely N-dealkylation sites (N-methyl/N-ethyl adjacent to an activating group) is 1. The number of carbonyl (C=O) groups excluding carboxylic acids is 1. The molecule has 1 aliphatic heterocycles. The molecule has 0 spiro atoms. The van der Waals surface area contributed by atoms with Gasteiger partial charge in [0.1, 0.15) is 11.6 Å². The molecule has 1 unspecified atom stereocenters. The van der Waals surface area contributed by atoms with Crippen LogP contribution in [-0.4, -0.2) is 28.8 Å². The van der Waals surface area contributed by atoms with Crippen molar-refractivity contribution in [2.45, 2.75) is 12.5 Å². The zero-order chi connectivity index (χ0) is 16.6. The molecule has 0 bridgehead atoms. The topological polar surface area (TPSA) is 92.9 Å². The number of carbonyl (C=O) groups is 1. The Balaban J connectivity index is 2.06. The van der Waals surface area contributed by atoms with Gasteiger partial charge in [-0.1, -0.05) is 18.2 Å². The van der Waals surface area contributed by atoms with Gasteiger partial charge in [0.05, 0.1) is 5.56 Å². The van der Waals surface area contributed by atoms with Gasteiger partial charge in [-0.2, -0.15) is 5.26 Å². The van der Waals surface area contributed by atoms with Gasteiger partial charge >= 0.3 is 0 Å². The summed E-state index contributed by atoms with van der Waals surface area (Å²) in [4.78, 5) is 17.8. The fourth-order valence-corrected chi connectivity index (χ4v) is 2.68. The van der Waals surface area contributed by atoms with Crippen LogP contribution in [0.5, 0.6) is 0 Å². The number of nitriles is 1. The maximum Gasteiger partial charge on any atom is 0.259 e. The summed E-state index contributed by atoms with van der Waals surface area (Å²) in [5, 5.41) is 19.7. The molecule has 2 heterocycles. The van der Waals surface area contributed by atoms with Crippen molar-refractivity contribution in [2.75, 3.05) is 7.05 Å². The Bertz CT molecular complexity index is 854. The number of benzene rings is 1. The minimum Gasteiger partial charge on any atom is -0.338 e. The van der Waals surface area contributed by atoms with Gasteiger partial charge in [0.2, 0.25) is 0 Å². The predicted molar refractivity (Wildman–Crippen MR) is 85.4 cm³/mol. The molecule has 1 aliphatic rings. The van der Waals surface area contributed by atoms with Crippen molar-refractivity contribution in [1.29, 1.82) is 10.7 Å². The van der Waals surface area contributed by atoms with Gasteiger partial charge in [-0.25, -0.2) is 0 Å². The molecule has 114 valence electrons. The molecular formula is C17H15N5O. The van der Waals surface area contributed by atoms with Crippen molar-refractivity contribution >= 4 is 11.9 Å². The number of amides is 1. The van der Waals surface area contributed by atoms with Crippen LogP contribution in [0.2, 0.25) is 0 Å². The van der Waals surface area contributed by atoms with Gasteiger partial charge in [0, 0.05) is 25.0 Å². The van der Waals surface area contributed by atoms with E-state index in [4.69, 9.17) is 10.7 Å². The van der Waals surface area contributed by atoms with Crippen molar-refractivity contribution in [3.05, 3.63) is 53.9 Å². The molecule has 0 saturated carbocycles. The van der Waals surface area contributed by atoms with Crippen LogP contribution < -0.4 is 5.32 Å². The molecule has 23 heavy (non-hydrogen) atoms. The van der Waals surface area contributed by atoms with Crippen molar-refractivity contribution in [3.8, 4) is 17.2 Å². The molecule has 1 saturated heterocycles. The molecular weight excluding hydrogens is 290 g/mol. The molecule has 1 amide bonds. The number of hydrogen-bond donors (Lipinski definition) is 2. The first-order chi connectivity index (χ1) is 11.0. The summed E-state index contributed by atoms with van der Waals surface area (Å²) < 4.78 is 0. The van der Waals surface area contributed by atoms with E-state index < -0.39 is 5.54 Å². The van der Waals surface area contributed by atoms with E-state index >= 15 is 0 Å². The van der Waals surface area contributed by atoms with Crippen LogP contribution in [0.1, 0.15) is 18.1 Å². The van der Waals surface area contributed by atoms with Crippen LogP contribution in [-0.2, 0) is 10.3 Å². The molecule has 0 aliphatic carbocycles. The SMILES string of the molecule is CN1C(=N)NC(C)(c2cccc(-c3cncc(C#N)c3)c2)C1=O. The van der Waals surface area contributed by atoms with E-state index in [9.17, 15) is 4.79 Å². The van der Waals surface area contributed by atoms with Gasteiger partial charge < -0.3 is 5.32 Å². The second-order valence-corrected chi connectivity index (χ2v) is 5.62. The Kier molecular flexibility index (Phi) is 3.34. The number of rotatable bonds is 2. The number of nitrogens with one attached hydrogen (secondary N) is 2. The number of hydrogen-bond acceptors (Lipinski definition) is 4. The zero-order valence-corrected chi connectivity index (χ0v) is 12.8. The van der Waals surface area contributed by atoms with Crippen LogP contribution in [0.4, 0.5) is 0 Å². The maximum atomic E-state index is 12.5. The summed E-state index contributed by atoms with van der Waals surface area (Å²) in [6.45, 7) is 1.76. The van der Waals surface area contributed by atoms with Crippen molar-refractivity contribution in [1.82, 2.24) is 15.2 Å². The van der Waals surface area contributed by atoms with Crippen LogP contribution in [0, 0.1) is 16.7 Å². The summed E-state index contributed by atoms with van der Waals surface area (Å²) in [5.41, 5.74) is 1.95. The third kappa shape index (κ3) is 2.32. The highest BCUT2D eigenvalue weighted by molar-refractivity contribution is 6.07. The first-order valence-corrected chi connectivity index (χ1v) is 7.06. The Morgan fingerprint density at radius 3 is 2.74 bits per heavy atom. The van der Waals surface area contributed by atoms with Crippen LogP contribution in [0.3, 0.4) is 0 Å². The van der Waals surface area contributed by atoms with Crippen molar-refractivity contribution in [2.24, 2.45) is 0 Å². The Morgan fingerprint density at radius 1 is 1.30 bits per heavy atom. The Morgan fingerprint density at radius 2 is 2.09 bits per heavy atom. The lowest BCUT2D eigenvalue weighted by Crippen LogP contribution is -2.40. The smallest absolute Gasteiger partial charge is 0.259 e. The molecule has 0 radical (unpaired) electrons. The van der Waals surface area contributed by atoms with E-state index in [1.165, 1.54) is 11.1 Å². The summed E-state index contributed by atoms with van der Waals surface area (Å²) in [5.74, 6) is -0.0976. The van der Waals surface area contributed by atoms with E-state index in [0.717, 1.165) is 16.7 Å². The Labute approximate surface area is 133 Å². The van der Waals surface area contributed by atoms with Crippen molar-refractivity contribution < 1.29 is 4.79 Å². The number of guanidine groups is 1. The zero-order valence-electron chi connectivity index (χ0n) is 12.8. The highest BCUT2D eigenvalue weighted by Gasteiger charge is 2.45. The molecule has 2 aromatic rings. The van der Waals surface area contributed by atoms with E-state index in [0.29, 0.717) is 5.56 Å². The lowest BCUT2D eigenvalue weighted by atomic mass is 9.89. The maximum absolute atomic E-state index is 12.5. The fraction of sp³-hybridized carbons (Fsp3) is 0.176. The van der Waals surface area contributed by atoms with Gasteiger partial charge in [-0.3, -0.25) is 20.1 Å². The lowest BCUT2D eigenvalue weighted by Gasteiger charge is -2.22. The second kappa shape index (κ2) is 5.21. The summed E-state index contributed by atoms with van der Waals surface area (Å²) in [6.07, 6.45) is 3.19. The largest absolute Gasteiger partial charge is 0.338 e. The standard InChI is InChI=1S/C17H15N5O/c1-17(15(23)22(2)16(19)21-17)14-5-3-4-12(7-14)13-6-11(8-18)9-20-10-13/h3-7,9-10H,1-2H3,(H2,19,21). The molecule has 1 aromatic carbocycles. The minimum absolute atomic E-state index is 0.0797. The summed E-state index contributed by atoms with van der Waals surface area (Å²) >= 11 is 0. The molecule has 1 atom stereocenters.